The van der Waals surface area contributed by atoms with E-state index in [1.165, 1.54) is 0 Å². The highest BCUT2D eigenvalue weighted by Gasteiger charge is 2.38. The van der Waals surface area contributed by atoms with E-state index >= 15 is 0 Å². The topological polar surface area (TPSA) is 76.7 Å². The highest BCUT2D eigenvalue weighted by molar-refractivity contribution is 5.80. The van der Waals surface area contributed by atoms with Crippen LogP contribution in [-0.4, -0.2) is 60.6 Å². The van der Waals surface area contributed by atoms with Gasteiger partial charge in [0.2, 0.25) is 0 Å². The second-order valence-electron chi connectivity index (χ2n) is 6.84. The summed E-state index contributed by atoms with van der Waals surface area (Å²) in [5, 5.41) is 7.84. The first kappa shape index (κ1) is 15.4. The number of H-pyrrole nitrogens is 2. The van der Waals surface area contributed by atoms with Gasteiger partial charge in [0.05, 0.1) is 49.1 Å². The second-order valence-corrected chi connectivity index (χ2v) is 6.84. The zero-order chi connectivity index (χ0) is 17.7. The van der Waals surface area contributed by atoms with Crippen LogP contribution in [0.3, 0.4) is 0 Å². The predicted molar refractivity (Wildman–Crippen MR) is 92.1 cm³/mol. The van der Waals surface area contributed by atoms with E-state index in [2.05, 4.69) is 25.1 Å². The molecule has 0 aliphatic carbocycles. The monoisotopic (exact) mass is 357 g/mol. The van der Waals surface area contributed by atoms with Gasteiger partial charge in [-0.25, -0.2) is 13.8 Å². The molecule has 3 aromatic rings. The molecule has 1 saturated heterocycles. The molecule has 7 nitrogen and oxygen atoms in total. The number of rotatable bonds is 3. The maximum Gasteiger partial charge on any atom is 0.261 e. The first-order valence-corrected chi connectivity index (χ1v) is 8.47. The van der Waals surface area contributed by atoms with E-state index < -0.39 is 5.92 Å². The molecular formula is C17H17F2N7. The van der Waals surface area contributed by atoms with Gasteiger partial charge in [-0.15, -0.1) is 0 Å². The van der Waals surface area contributed by atoms with Crippen LogP contribution in [0.25, 0.3) is 28.5 Å². The SMILES string of the molecule is FC1(F)CCN(CN2C=Cc3[nH]c(-c4cc5cn[nH]c5cn4)nc3C2)C1. The summed E-state index contributed by atoms with van der Waals surface area (Å²) in [5.74, 6) is -1.88. The van der Waals surface area contributed by atoms with Crippen molar-refractivity contribution in [1.82, 2.24) is 34.9 Å². The summed E-state index contributed by atoms with van der Waals surface area (Å²) in [5.41, 5.74) is 3.44. The van der Waals surface area contributed by atoms with Crippen LogP contribution in [0.5, 0.6) is 0 Å². The number of halogens is 2. The van der Waals surface area contributed by atoms with Crippen LogP contribution in [0, 0.1) is 0 Å². The fourth-order valence-electron chi connectivity index (χ4n) is 3.48. The molecule has 2 aliphatic heterocycles. The number of nitrogens with zero attached hydrogens (tertiary/aromatic N) is 5. The molecule has 0 aromatic carbocycles. The summed E-state index contributed by atoms with van der Waals surface area (Å²) in [6.45, 7) is 1.31. The normalized spacial score (nSPS) is 19.4. The first-order chi connectivity index (χ1) is 12.6. The van der Waals surface area contributed by atoms with Crippen LogP contribution < -0.4 is 0 Å². The van der Waals surface area contributed by atoms with Crippen LogP contribution in [0.2, 0.25) is 0 Å². The molecule has 26 heavy (non-hydrogen) atoms. The van der Waals surface area contributed by atoms with Gasteiger partial charge in [-0.05, 0) is 12.1 Å². The van der Waals surface area contributed by atoms with Gasteiger partial charge in [-0.3, -0.25) is 15.0 Å². The Morgan fingerprint density at radius 1 is 1.27 bits per heavy atom. The largest absolute Gasteiger partial charge is 0.359 e. The van der Waals surface area contributed by atoms with Crippen LogP contribution in [0.1, 0.15) is 17.8 Å². The van der Waals surface area contributed by atoms with Gasteiger partial charge < -0.3 is 9.88 Å². The second kappa shape index (κ2) is 5.60. The molecule has 5 rings (SSSR count). The summed E-state index contributed by atoms with van der Waals surface area (Å²) in [6.07, 6.45) is 7.27. The number of hydrogen-bond donors (Lipinski definition) is 2. The zero-order valence-electron chi connectivity index (χ0n) is 13.9. The van der Waals surface area contributed by atoms with Gasteiger partial charge in [0.15, 0.2) is 5.82 Å². The Morgan fingerprint density at radius 2 is 2.19 bits per heavy atom. The molecule has 0 amide bonds. The van der Waals surface area contributed by atoms with Gasteiger partial charge in [-0.2, -0.15) is 5.10 Å². The summed E-state index contributed by atoms with van der Waals surface area (Å²) in [6, 6.07) is 1.93. The van der Waals surface area contributed by atoms with Crippen molar-refractivity contribution in [2.24, 2.45) is 0 Å². The van der Waals surface area contributed by atoms with Crippen molar-refractivity contribution in [2.75, 3.05) is 19.8 Å². The minimum Gasteiger partial charge on any atom is -0.359 e. The number of aromatic amines is 2. The van der Waals surface area contributed by atoms with Crippen molar-refractivity contribution in [3.05, 3.63) is 36.0 Å². The Kier molecular flexibility index (Phi) is 3.33. The average Bonchev–Trinajstić information content (AvgIpc) is 3.31. The van der Waals surface area contributed by atoms with Crippen LogP contribution >= 0.6 is 0 Å². The zero-order valence-corrected chi connectivity index (χ0v) is 13.9. The van der Waals surface area contributed by atoms with Crippen LogP contribution in [0.4, 0.5) is 8.78 Å². The van der Waals surface area contributed by atoms with Gasteiger partial charge in [0, 0.05) is 24.6 Å². The molecule has 0 unspecified atom stereocenters. The molecule has 0 saturated carbocycles. The number of likely N-dealkylation sites (tertiary alicyclic amines) is 1. The summed E-state index contributed by atoms with van der Waals surface area (Å²) < 4.78 is 26.7. The fraction of sp³-hybridized carbons (Fsp3) is 0.353. The molecule has 5 heterocycles. The molecule has 0 radical (unpaired) electrons. The Morgan fingerprint density at radius 3 is 3.04 bits per heavy atom. The third-order valence-electron chi connectivity index (χ3n) is 4.81. The Hall–Kier alpha value is -2.81. The maximum absolute atomic E-state index is 13.4. The molecule has 2 aliphatic rings. The Balaban J connectivity index is 1.34. The van der Waals surface area contributed by atoms with Crippen molar-refractivity contribution in [1.29, 1.82) is 0 Å². The van der Waals surface area contributed by atoms with E-state index in [9.17, 15) is 8.78 Å². The lowest BCUT2D eigenvalue weighted by Gasteiger charge is -2.27. The van der Waals surface area contributed by atoms with Crippen molar-refractivity contribution in [2.45, 2.75) is 18.9 Å². The number of alkyl halides is 2. The van der Waals surface area contributed by atoms with Gasteiger partial charge in [0.25, 0.3) is 5.92 Å². The lowest BCUT2D eigenvalue weighted by molar-refractivity contribution is 0.00780. The predicted octanol–water partition coefficient (Wildman–Crippen LogP) is 2.43. The van der Waals surface area contributed by atoms with Gasteiger partial charge in [-0.1, -0.05) is 0 Å². The number of hydrogen-bond acceptors (Lipinski definition) is 5. The third-order valence-corrected chi connectivity index (χ3v) is 4.81. The fourth-order valence-corrected chi connectivity index (χ4v) is 3.48. The average molecular weight is 357 g/mol. The Labute approximate surface area is 147 Å². The first-order valence-electron chi connectivity index (χ1n) is 8.47. The highest BCUT2D eigenvalue weighted by atomic mass is 19.3. The molecular weight excluding hydrogens is 340 g/mol. The lowest BCUT2D eigenvalue weighted by atomic mass is 10.2. The molecule has 134 valence electrons. The molecule has 0 spiro atoms. The van der Waals surface area contributed by atoms with Crippen molar-refractivity contribution < 1.29 is 8.78 Å². The molecule has 0 atom stereocenters. The minimum atomic E-state index is -2.57. The van der Waals surface area contributed by atoms with Crippen molar-refractivity contribution >= 4 is 17.0 Å². The molecule has 9 heteroatoms. The van der Waals surface area contributed by atoms with Gasteiger partial charge >= 0.3 is 0 Å². The van der Waals surface area contributed by atoms with E-state index in [1.807, 2.05) is 23.2 Å². The number of imidazole rings is 1. The van der Waals surface area contributed by atoms with E-state index in [4.69, 9.17) is 0 Å². The van der Waals surface area contributed by atoms with E-state index in [0.29, 0.717) is 25.6 Å². The number of nitrogens with one attached hydrogen (secondary N) is 2. The van der Waals surface area contributed by atoms with Crippen molar-refractivity contribution in [3.8, 4) is 11.5 Å². The van der Waals surface area contributed by atoms with Crippen LogP contribution in [-0.2, 0) is 6.54 Å². The molecule has 0 bridgehead atoms. The molecule has 3 aromatic heterocycles. The smallest absolute Gasteiger partial charge is 0.261 e. The van der Waals surface area contributed by atoms with E-state index in [1.54, 1.807) is 17.3 Å². The van der Waals surface area contributed by atoms with E-state index in [-0.39, 0.29) is 13.0 Å². The van der Waals surface area contributed by atoms with Crippen LogP contribution in [0.15, 0.2) is 24.7 Å². The van der Waals surface area contributed by atoms with E-state index in [0.717, 1.165) is 28.0 Å². The third kappa shape index (κ3) is 2.74. The summed E-state index contributed by atoms with van der Waals surface area (Å²) in [7, 11) is 0. The molecule has 2 N–H and O–H groups in total. The standard InChI is InChI=1S/C17H17F2N7/c18-17(19)2-4-26(9-17)10-25-3-1-12-15(8-25)23-16(22-12)13-5-11-6-21-24-14(11)7-20-13/h1,3,5-7H,2,4,8-10H2,(H,21,24)(H,22,23). The summed E-state index contributed by atoms with van der Waals surface area (Å²) in [4.78, 5) is 16.1. The minimum absolute atomic E-state index is 0.0650. The maximum atomic E-state index is 13.4. The number of fused-ring (bicyclic) bond motifs is 2. The quantitative estimate of drug-likeness (QED) is 0.753. The highest BCUT2D eigenvalue weighted by Crippen LogP contribution is 2.28. The lowest BCUT2D eigenvalue weighted by Crippen LogP contribution is -2.35. The number of aromatic nitrogens is 5. The van der Waals surface area contributed by atoms with Gasteiger partial charge in [0.1, 0.15) is 5.69 Å². The Bertz CT molecular complexity index is 990. The van der Waals surface area contributed by atoms with Crippen molar-refractivity contribution in [3.63, 3.8) is 0 Å². The molecule has 1 fully saturated rings. The number of pyridine rings is 1. The summed E-state index contributed by atoms with van der Waals surface area (Å²) >= 11 is 0.